The van der Waals surface area contributed by atoms with E-state index in [1.54, 1.807) is 12.1 Å². The fourth-order valence-electron chi connectivity index (χ4n) is 1.58. The number of aromatic carboxylic acids is 1. The van der Waals surface area contributed by atoms with Crippen LogP contribution in [0.15, 0.2) is 30.4 Å². The predicted molar refractivity (Wildman–Crippen MR) is 56.2 cm³/mol. The van der Waals surface area contributed by atoms with Crippen LogP contribution >= 0.6 is 0 Å². The first-order chi connectivity index (χ1) is 7.11. The first-order valence-corrected chi connectivity index (χ1v) is 4.33. The molecule has 0 amide bonds. The van der Waals surface area contributed by atoms with Gasteiger partial charge < -0.3 is 15.9 Å². The molecule has 0 spiro atoms. The van der Waals surface area contributed by atoms with Crippen LogP contribution in [-0.4, -0.2) is 22.5 Å². The summed E-state index contributed by atoms with van der Waals surface area (Å²) in [6, 6.07) is 4.69. The normalized spacial score (nSPS) is 13.9. The first kappa shape index (κ1) is 9.33. The van der Waals surface area contributed by atoms with Crippen LogP contribution in [0.25, 0.3) is 0 Å². The van der Waals surface area contributed by atoms with E-state index in [4.69, 9.17) is 15.9 Å². The number of fused-ring (bicyclic) bond motifs is 1. The summed E-state index contributed by atoms with van der Waals surface area (Å²) in [7, 11) is 0. The van der Waals surface area contributed by atoms with Crippen molar-refractivity contribution in [3.05, 3.63) is 47.0 Å². The topological polar surface area (TPSA) is 85.0 Å². The number of benzene rings is 1. The minimum atomic E-state index is -1.07. The lowest BCUT2D eigenvalue weighted by Gasteiger charge is -2.14. The second-order valence-electron chi connectivity index (χ2n) is 3.19. The lowest BCUT2D eigenvalue weighted by atomic mass is 9.90. The molecule has 1 aromatic carbocycles. The van der Waals surface area contributed by atoms with E-state index in [2.05, 4.69) is 0 Å². The fourth-order valence-corrected chi connectivity index (χ4v) is 1.58. The summed E-state index contributed by atoms with van der Waals surface area (Å²) in [6.45, 7) is 0. The van der Waals surface area contributed by atoms with Gasteiger partial charge in [0.15, 0.2) is 0 Å². The Hall–Kier alpha value is -2.23. The molecule has 0 saturated carbocycles. The van der Waals surface area contributed by atoms with Crippen LogP contribution < -0.4 is 0 Å². The van der Waals surface area contributed by atoms with Crippen molar-refractivity contribution >= 4 is 17.4 Å². The highest BCUT2D eigenvalue weighted by molar-refractivity contribution is 6.26. The van der Waals surface area contributed by atoms with Gasteiger partial charge in [-0.15, -0.1) is 0 Å². The summed E-state index contributed by atoms with van der Waals surface area (Å²) in [5.74, 6) is -1.07. The van der Waals surface area contributed by atoms with Crippen molar-refractivity contribution in [2.24, 2.45) is 0 Å². The van der Waals surface area contributed by atoms with E-state index in [0.717, 1.165) is 0 Å². The van der Waals surface area contributed by atoms with Gasteiger partial charge >= 0.3 is 5.97 Å². The molecule has 1 aliphatic rings. The molecule has 0 saturated heterocycles. The van der Waals surface area contributed by atoms with Crippen LogP contribution in [0.5, 0.6) is 0 Å². The molecule has 0 atom stereocenters. The highest BCUT2D eigenvalue weighted by atomic mass is 16.4. The Bertz CT molecular complexity index is 515. The van der Waals surface area contributed by atoms with Gasteiger partial charge in [0.2, 0.25) is 0 Å². The molecule has 1 aliphatic carbocycles. The van der Waals surface area contributed by atoms with Crippen molar-refractivity contribution in [2.75, 3.05) is 0 Å². The monoisotopic (exact) mass is 200 g/mol. The van der Waals surface area contributed by atoms with Crippen LogP contribution in [0.3, 0.4) is 0 Å². The van der Waals surface area contributed by atoms with Gasteiger partial charge in [0, 0.05) is 11.1 Å². The maximum atomic E-state index is 10.9. The fraction of sp³-hybridized carbons (Fsp3) is 0. The van der Waals surface area contributed by atoms with Crippen molar-refractivity contribution < 1.29 is 9.90 Å². The molecule has 0 fully saturated rings. The highest BCUT2D eigenvalue weighted by Gasteiger charge is 2.20. The Morgan fingerprint density at radius 2 is 1.80 bits per heavy atom. The minimum Gasteiger partial charge on any atom is -0.478 e. The number of carboxylic acid groups (broad SMARTS) is 1. The van der Waals surface area contributed by atoms with E-state index in [0.29, 0.717) is 11.1 Å². The van der Waals surface area contributed by atoms with E-state index < -0.39 is 5.97 Å². The van der Waals surface area contributed by atoms with Crippen molar-refractivity contribution in [3.8, 4) is 0 Å². The SMILES string of the molecule is N=C1C=CC(=N)c2c1cccc2C(=O)O. The third-order valence-electron chi connectivity index (χ3n) is 2.27. The molecule has 15 heavy (non-hydrogen) atoms. The average Bonchev–Trinajstić information content (AvgIpc) is 2.23. The molecule has 0 unspecified atom stereocenters. The van der Waals surface area contributed by atoms with E-state index >= 15 is 0 Å². The van der Waals surface area contributed by atoms with Crippen molar-refractivity contribution in [3.63, 3.8) is 0 Å². The Labute approximate surface area is 85.9 Å². The van der Waals surface area contributed by atoms with Crippen LogP contribution in [0.2, 0.25) is 0 Å². The molecule has 1 aromatic rings. The first-order valence-electron chi connectivity index (χ1n) is 4.33. The highest BCUT2D eigenvalue weighted by Crippen LogP contribution is 2.20. The lowest BCUT2D eigenvalue weighted by Crippen LogP contribution is -2.16. The summed E-state index contributed by atoms with van der Waals surface area (Å²) < 4.78 is 0. The maximum Gasteiger partial charge on any atom is 0.336 e. The summed E-state index contributed by atoms with van der Waals surface area (Å²) in [5, 5.41) is 24.2. The zero-order valence-corrected chi connectivity index (χ0v) is 7.74. The molecule has 4 nitrogen and oxygen atoms in total. The summed E-state index contributed by atoms with van der Waals surface area (Å²) in [5.41, 5.74) is 1.29. The quantitative estimate of drug-likeness (QED) is 0.644. The number of hydrogen-bond donors (Lipinski definition) is 3. The molecule has 0 heterocycles. The second-order valence-corrected chi connectivity index (χ2v) is 3.19. The molecular formula is C11H8N2O2. The van der Waals surface area contributed by atoms with Gasteiger partial charge in [0.25, 0.3) is 0 Å². The molecule has 0 aromatic heterocycles. The van der Waals surface area contributed by atoms with Gasteiger partial charge in [0.05, 0.1) is 17.0 Å². The van der Waals surface area contributed by atoms with Crippen molar-refractivity contribution in [1.29, 1.82) is 10.8 Å². The minimum absolute atomic E-state index is 0.0756. The molecule has 3 N–H and O–H groups in total. The van der Waals surface area contributed by atoms with Gasteiger partial charge in [-0.1, -0.05) is 12.1 Å². The number of rotatable bonds is 1. The second kappa shape index (κ2) is 3.16. The number of nitrogens with one attached hydrogen (secondary N) is 2. The van der Waals surface area contributed by atoms with Gasteiger partial charge in [-0.25, -0.2) is 4.79 Å². The zero-order chi connectivity index (χ0) is 11.0. The van der Waals surface area contributed by atoms with Crippen LogP contribution in [0.1, 0.15) is 21.5 Å². The Morgan fingerprint density at radius 1 is 1.13 bits per heavy atom. The van der Waals surface area contributed by atoms with E-state index in [1.807, 2.05) is 0 Å². The van der Waals surface area contributed by atoms with Gasteiger partial charge in [0.1, 0.15) is 0 Å². The largest absolute Gasteiger partial charge is 0.478 e. The standard InChI is InChI=1S/C11H8N2O2/c12-8-4-5-9(13)10-6(8)2-1-3-7(10)11(14)15/h1-5,12-13H,(H,14,15). The third-order valence-corrected chi connectivity index (χ3v) is 2.27. The number of hydrogen-bond acceptors (Lipinski definition) is 3. The van der Waals surface area contributed by atoms with Crippen molar-refractivity contribution in [2.45, 2.75) is 0 Å². The molecule has 4 heteroatoms. The number of carboxylic acids is 1. The summed E-state index contributed by atoms with van der Waals surface area (Å²) >= 11 is 0. The van der Waals surface area contributed by atoms with E-state index in [-0.39, 0.29) is 17.0 Å². The van der Waals surface area contributed by atoms with Crippen LogP contribution in [0, 0.1) is 10.8 Å². The number of carbonyl (C=O) groups is 1. The smallest absolute Gasteiger partial charge is 0.336 e. The molecule has 74 valence electrons. The Kier molecular flexibility index (Phi) is 1.97. The molecule has 0 bridgehead atoms. The van der Waals surface area contributed by atoms with Gasteiger partial charge in [-0.2, -0.15) is 0 Å². The van der Waals surface area contributed by atoms with Crippen molar-refractivity contribution in [1.82, 2.24) is 0 Å². The van der Waals surface area contributed by atoms with Crippen LogP contribution in [-0.2, 0) is 0 Å². The van der Waals surface area contributed by atoms with E-state index in [1.165, 1.54) is 18.2 Å². The molecule has 0 aliphatic heterocycles. The Balaban J connectivity index is 2.76. The Morgan fingerprint density at radius 3 is 2.47 bits per heavy atom. The number of allylic oxidation sites excluding steroid dienone is 2. The third kappa shape index (κ3) is 1.36. The summed E-state index contributed by atoms with van der Waals surface area (Å²) in [4.78, 5) is 10.9. The predicted octanol–water partition coefficient (Wildman–Crippen LogP) is 1.69. The zero-order valence-electron chi connectivity index (χ0n) is 7.74. The maximum absolute atomic E-state index is 10.9. The lowest BCUT2D eigenvalue weighted by molar-refractivity contribution is 0.0696. The van der Waals surface area contributed by atoms with Crippen LogP contribution in [0.4, 0.5) is 0 Å². The average molecular weight is 200 g/mol. The molecule has 0 radical (unpaired) electrons. The summed E-state index contributed by atoms with van der Waals surface area (Å²) in [6.07, 6.45) is 2.94. The van der Waals surface area contributed by atoms with Gasteiger partial charge in [-0.3, -0.25) is 0 Å². The van der Waals surface area contributed by atoms with Gasteiger partial charge in [-0.05, 0) is 18.2 Å². The molecular weight excluding hydrogens is 192 g/mol. The molecule has 2 rings (SSSR count). The van der Waals surface area contributed by atoms with E-state index in [9.17, 15) is 4.79 Å².